The van der Waals surface area contributed by atoms with Crippen LogP contribution in [0.25, 0.3) is 11.0 Å². The Kier molecular flexibility index (Phi) is 5.06. The van der Waals surface area contributed by atoms with Crippen LogP contribution >= 0.6 is 0 Å². The molecule has 2 aromatic carbocycles. The highest BCUT2D eigenvalue weighted by Crippen LogP contribution is 2.31. The number of rotatable bonds is 5. The Balaban J connectivity index is 1.25. The lowest BCUT2D eigenvalue weighted by molar-refractivity contribution is 0.0548. The van der Waals surface area contributed by atoms with E-state index in [2.05, 4.69) is 5.32 Å². The first-order valence-corrected chi connectivity index (χ1v) is 10.9. The van der Waals surface area contributed by atoms with Crippen molar-refractivity contribution in [3.05, 3.63) is 71.0 Å². The van der Waals surface area contributed by atoms with Gasteiger partial charge in [-0.3, -0.25) is 19.3 Å². The fraction of sp³-hybridized carbons (Fsp3) is 0.320. The van der Waals surface area contributed by atoms with E-state index in [1.54, 1.807) is 18.2 Å². The molecule has 0 radical (unpaired) electrons. The molecule has 5 rings (SSSR count). The summed E-state index contributed by atoms with van der Waals surface area (Å²) in [6, 6.07) is 14.5. The summed E-state index contributed by atoms with van der Waals surface area (Å²) in [5.74, 6) is 0.0298. The van der Waals surface area contributed by atoms with Gasteiger partial charge in [-0.1, -0.05) is 37.5 Å². The van der Waals surface area contributed by atoms with Crippen molar-refractivity contribution < 1.29 is 18.8 Å². The van der Waals surface area contributed by atoms with Crippen molar-refractivity contribution in [2.45, 2.75) is 44.6 Å². The van der Waals surface area contributed by atoms with E-state index in [9.17, 15) is 14.4 Å². The number of hydrogen-bond acceptors (Lipinski definition) is 4. The first kappa shape index (κ1) is 19.5. The highest BCUT2D eigenvalue weighted by Gasteiger charge is 2.40. The van der Waals surface area contributed by atoms with Crippen LogP contribution in [0.4, 0.5) is 0 Å². The summed E-state index contributed by atoms with van der Waals surface area (Å²) in [5, 5.41) is 3.91. The molecule has 2 aliphatic rings. The monoisotopic (exact) mass is 416 g/mol. The Labute approximate surface area is 180 Å². The average molecular weight is 416 g/mol. The van der Waals surface area contributed by atoms with Gasteiger partial charge in [0, 0.05) is 30.0 Å². The molecule has 6 heteroatoms. The number of furan rings is 1. The van der Waals surface area contributed by atoms with Crippen LogP contribution in [0, 0.1) is 0 Å². The molecule has 0 saturated heterocycles. The normalized spacial score (nSPS) is 16.7. The van der Waals surface area contributed by atoms with Crippen molar-refractivity contribution in [2.75, 3.05) is 6.54 Å². The molecule has 1 aliphatic heterocycles. The standard InChI is InChI=1S/C25H24N2O4/c28-23(26-13-12-19-14-16-6-4-5-9-22(16)31-19)17-10-11-20-21(15-17)25(30)27(24(20)29)18-7-2-1-3-8-18/h4-6,9-11,14-15,18H,1-3,7-8,12-13H2,(H,26,28). The summed E-state index contributed by atoms with van der Waals surface area (Å²) in [6.07, 6.45) is 5.52. The first-order chi connectivity index (χ1) is 15.1. The fourth-order valence-electron chi connectivity index (χ4n) is 4.63. The van der Waals surface area contributed by atoms with Crippen LogP contribution in [-0.2, 0) is 6.42 Å². The predicted molar refractivity (Wildman–Crippen MR) is 116 cm³/mol. The van der Waals surface area contributed by atoms with Gasteiger partial charge in [0.05, 0.1) is 11.1 Å². The van der Waals surface area contributed by atoms with Crippen molar-refractivity contribution in [1.29, 1.82) is 0 Å². The number of carbonyl (C=O) groups excluding carboxylic acids is 3. The average Bonchev–Trinajstić information content (AvgIpc) is 3.32. The molecule has 158 valence electrons. The van der Waals surface area contributed by atoms with Crippen LogP contribution < -0.4 is 5.32 Å². The van der Waals surface area contributed by atoms with Crippen LogP contribution in [0.3, 0.4) is 0 Å². The van der Waals surface area contributed by atoms with E-state index in [0.717, 1.165) is 48.8 Å². The number of nitrogens with one attached hydrogen (secondary N) is 1. The highest BCUT2D eigenvalue weighted by atomic mass is 16.3. The van der Waals surface area contributed by atoms with Gasteiger partial charge in [0.25, 0.3) is 17.7 Å². The predicted octanol–water partition coefficient (Wildman–Crippen LogP) is 4.33. The lowest BCUT2D eigenvalue weighted by Crippen LogP contribution is -2.40. The second kappa shape index (κ2) is 8.02. The molecule has 31 heavy (non-hydrogen) atoms. The first-order valence-electron chi connectivity index (χ1n) is 10.9. The van der Waals surface area contributed by atoms with Crippen LogP contribution in [0.15, 0.2) is 52.9 Å². The zero-order chi connectivity index (χ0) is 21.4. The van der Waals surface area contributed by atoms with E-state index in [1.807, 2.05) is 30.3 Å². The second-order valence-electron chi connectivity index (χ2n) is 8.29. The molecule has 0 spiro atoms. The highest BCUT2D eigenvalue weighted by molar-refractivity contribution is 6.22. The molecule has 3 amide bonds. The van der Waals surface area contributed by atoms with Gasteiger partial charge in [-0.15, -0.1) is 0 Å². The zero-order valence-electron chi connectivity index (χ0n) is 17.2. The molecular weight excluding hydrogens is 392 g/mol. The summed E-state index contributed by atoms with van der Waals surface area (Å²) in [4.78, 5) is 39.7. The van der Waals surface area contributed by atoms with Gasteiger partial charge < -0.3 is 9.73 Å². The third-order valence-corrected chi connectivity index (χ3v) is 6.25. The largest absolute Gasteiger partial charge is 0.461 e. The fourth-order valence-corrected chi connectivity index (χ4v) is 4.63. The van der Waals surface area contributed by atoms with E-state index in [4.69, 9.17) is 4.42 Å². The topological polar surface area (TPSA) is 79.6 Å². The van der Waals surface area contributed by atoms with Crippen molar-refractivity contribution in [3.8, 4) is 0 Å². The van der Waals surface area contributed by atoms with Crippen molar-refractivity contribution >= 4 is 28.7 Å². The number of hydrogen-bond donors (Lipinski definition) is 1. The van der Waals surface area contributed by atoms with Crippen molar-refractivity contribution in [3.63, 3.8) is 0 Å². The Hall–Kier alpha value is -3.41. The Morgan fingerprint density at radius 1 is 0.968 bits per heavy atom. The molecule has 3 aromatic rings. The van der Waals surface area contributed by atoms with Gasteiger partial charge in [-0.2, -0.15) is 0 Å². The summed E-state index contributed by atoms with van der Waals surface area (Å²) in [6.45, 7) is 0.414. The molecule has 1 N–H and O–H groups in total. The molecule has 1 saturated carbocycles. The number of amides is 3. The van der Waals surface area contributed by atoms with Gasteiger partial charge in [0.15, 0.2) is 0 Å². The lowest BCUT2D eigenvalue weighted by Gasteiger charge is -2.29. The minimum atomic E-state index is -0.274. The summed E-state index contributed by atoms with van der Waals surface area (Å²) in [5.41, 5.74) is 1.94. The Morgan fingerprint density at radius 3 is 2.55 bits per heavy atom. The summed E-state index contributed by atoms with van der Waals surface area (Å²) < 4.78 is 5.77. The number of carbonyl (C=O) groups is 3. The number of fused-ring (bicyclic) bond motifs is 2. The molecule has 0 unspecified atom stereocenters. The maximum Gasteiger partial charge on any atom is 0.261 e. The van der Waals surface area contributed by atoms with Gasteiger partial charge in [-0.25, -0.2) is 0 Å². The number of nitrogens with zero attached hydrogens (tertiary/aromatic N) is 1. The minimum absolute atomic E-state index is 0.0257. The lowest BCUT2D eigenvalue weighted by atomic mass is 9.94. The molecular formula is C25H24N2O4. The van der Waals surface area contributed by atoms with Gasteiger partial charge in [0.1, 0.15) is 11.3 Å². The third-order valence-electron chi connectivity index (χ3n) is 6.25. The van der Waals surface area contributed by atoms with E-state index in [0.29, 0.717) is 29.7 Å². The second-order valence-corrected chi connectivity index (χ2v) is 8.29. The summed E-state index contributed by atoms with van der Waals surface area (Å²) >= 11 is 0. The molecule has 0 atom stereocenters. The van der Waals surface area contributed by atoms with E-state index >= 15 is 0 Å². The number of imide groups is 1. The Morgan fingerprint density at radius 2 is 1.74 bits per heavy atom. The van der Waals surface area contributed by atoms with Gasteiger partial charge >= 0.3 is 0 Å². The number of para-hydroxylation sites is 1. The Bertz CT molecular complexity index is 1140. The minimum Gasteiger partial charge on any atom is -0.461 e. The third kappa shape index (κ3) is 3.63. The quantitative estimate of drug-likeness (QED) is 0.628. The van der Waals surface area contributed by atoms with Crippen LogP contribution in [0.5, 0.6) is 0 Å². The van der Waals surface area contributed by atoms with Crippen LogP contribution in [-0.4, -0.2) is 35.2 Å². The summed E-state index contributed by atoms with van der Waals surface area (Å²) in [7, 11) is 0. The van der Waals surface area contributed by atoms with Gasteiger partial charge in [0.2, 0.25) is 0 Å². The molecule has 1 aliphatic carbocycles. The zero-order valence-corrected chi connectivity index (χ0v) is 17.2. The van der Waals surface area contributed by atoms with Crippen LogP contribution in [0.1, 0.15) is 68.9 Å². The van der Waals surface area contributed by atoms with E-state index < -0.39 is 0 Å². The molecule has 2 heterocycles. The number of benzene rings is 2. The molecule has 0 bridgehead atoms. The molecule has 6 nitrogen and oxygen atoms in total. The SMILES string of the molecule is O=C(NCCc1cc2ccccc2o1)c1ccc2c(c1)C(=O)N(C1CCCCC1)C2=O. The molecule has 1 fully saturated rings. The van der Waals surface area contributed by atoms with E-state index in [1.165, 1.54) is 4.90 Å². The van der Waals surface area contributed by atoms with Crippen molar-refractivity contribution in [1.82, 2.24) is 10.2 Å². The van der Waals surface area contributed by atoms with Crippen molar-refractivity contribution in [2.24, 2.45) is 0 Å². The smallest absolute Gasteiger partial charge is 0.261 e. The molecule has 1 aromatic heterocycles. The van der Waals surface area contributed by atoms with E-state index in [-0.39, 0.29) is 23.8 Å². The van der Waals surface area contributed by atoms with Gasteiger partial charge in [-0.05, 0) is 43.2 Å². The van der Waals surface area contributed by atoms with Crippen LogP contribution in [0.2, 0.25) is 0 Å². The maximum atomic E-state index is 12.9. The maximum absolute atomic E-state index is 12.9.